The average Bonchev–Trinajstić information content (AvgIpc) is 3.46. The van der Waals surface area contributed by atoms with Gasteiger partial charge in [-0.2, -0.15) is 0 Å². The molecule has 0 saturated heterocycles. The van der Waals surface area contributed by atoms with Gasteiger partial charge in [0.1, 0.15) is 0 Å². The van der Waals surface area contributed by atoms with Gasteiger partial charge in [0, 0.05) is 45.2 Å². The number of aromatic nitrogens is 1. The number of carbonyl (C=O) groups is 1. The van der Waals surface area contributed by atoms with Gasteiger partial charge in [-0.1, -0.05) is 72.2 Å². The van der Waals surface area contributed by atoms with E-state index in [9.17, 15) is 9.90 Å². The number of benzene rings is 2. The monoisotopic (exact) mass is 703 g/mol. The molecule has 3 unspecified atom stereocenters. The van der Waals surface area contributed by atoms with Crippen molar-refractivity contribution < 1.29 is 30.0 Å². The van der Waals surface area contributed by atoms with Gasteiger partial charge in [-0.15, -0.1) is 34.9 Å². The third-order valence-electron chi connectivity index (χ3n) is 7.92. The Morgan fingerprint density at radius 1 is 1.03 bits per heavy atom. The molecule has 211 valence electrons. The minimum atomic E-state index is 0. The summed E-state index contributed by atoms with van der Waals surface area (Å²) >= 11 is 0. The van der Waals surface area contributed by atoms with E-state index in [2.05, 4.69) is 62.5 Å². The summed E-state index contributed by atoms with van der Waals surface area (Å²) in [6, 6.07) is 16.7. The molecule has 1 aromatic heterocycles. The molecular weight excluding hydrogens is 659 g/mol. The molecule has 2 bridgehead atoms. The zero-order chi connectivity index (χ0) is 27.4. The Balaban J connectivity index is 0.000000260. The number of aliphatic hydroxyl groups excluding tert-OH is 1. The number of pyridine rings is 1. The van der Waals surface area contributed by atoms with E-state index in [1.165, 1.54) is 59.2 Å². The van der Waals surface area contributed by atoms with Gasteiger partial charge < -0.3 is 10.1 Å². The molecular formula is C35H44IrNO2-. The maximum atomic E-state index is 11.2. The van der Waals surface area contributed by atoms with Crippen molar-refractivity contribution in [2.45, 2.75) is 86.0 Å². The molecule has 3 aromatic rings. The zero-order valence-electron chi connectivity index (χ0n) is 24.4. The van der Waals surface area contributed by atoms with Crippen LogP contribution in [0.25, 0.3) is 22.0 Å². The number of hydrogen-bond acceptors (Lipinski definition) is 3. The number of rotatable bonds is 7. The largest absolute Gasteiger partial charge is 0.512 e. The molecule has 0 amide bonds. The number of aliphatic hydroxyl groups is 1. The average molecular weight is 703 g/mol. The number of allylic oxidation sites excluding steroid dienone is 2. The van der Waals surface area contributed by atoms with E-state index in [1.807, 2.05) is 27.7 Å². The summed E-state index contributed by atoms with van der Waals surface area (Å²) < 4.78 is 0. The van der Waals surface area contributed by atoms with Crippen molar-refractivity contribution in [1.82, 2.24) is 4.98 Å². The van der Waals surface area contributed by atoms with Crippen LogP contribution >= 0.6 is 0 Å². The Morgan fingerprint density at radius 2 is 1.72 bits per heavy atom. The van der Waals surface area contributed by atoms with E-state index < -0.39 is 0 Å². The van der Waals surface area contributed by atoms with Crippen molar-refractivity contribution in [3.63, 3.8) is 0 Å². The van der Waals surface area contributed by atoms with E-state index in [4.69, 9.17) is 4.98 Å². The van der Waals surface area contributed by atoms with Gasteiger partial charge in [-0.3, -0.25) is 4.79 Å². The minimum absolute atomic E-state index is 0. The van der Waals surface area contributed by atoms with Crippen LogP contribution in [0, 0.1) is 43.6 Å². The zero-order valence-corrected chi connectivity index (χ0v) is 26.8. The Labute approximate surface area is 248 Å². The van der Waals surface area contributed by atoms with Gasteiger partial charge in [0.05, 0.1) is 5.76 Å². The molecule has 1 N–H and O–H groups in total. The molecule has 1 radical (unpaired) electrons. The molecule has 5 rings (SSSR count). The molecule has 0 spiro atoms. The van der Waals surface area contributed by atoms with Crippen LogP contribution in [0.3, 0.4) is 0 Å². The molecule has 39 heavy (non-hydrogen) atoms. The van der Waals surface area contributed by atoms with Crippen LogP contribution in [0.4, 0.5) is 0 Å². The minimum Gasteiger partial charge on any atom is -0.512 e. The number of hydrogen-bond donors (Lipinski definition) is 1. The van der Waals surface area contributed by atoms with Crippen molar-refractivity contribution in [2.75, 3.05) is 0 Å². The summed E-state index contributed by atoms with van der Waals surface area (Å²) in [5, 5.41) is 12.0. The fourth-order valence-electron chi connectivity index (χ4n) is 6.50. The van der Waals surface area contributed by atoms with Crippen LogP contribution in [-0.4, -0.2) is 15.9 Å². The van der Waals surface area contributed by atoms with E-state index in [0.717, 1.165) is 23.1 Å². The molecule has 0 aliphatic heterocycles. The maximum Gasteiger partial charge on any atom is 0.159 e. The van der Waals surface area contributed by atoms with Gasteiger partial charge in [0.15, 0.2) is 5.78 Å². The van der Waals surface area contributed by atoms with Crippen LogP contribution < -0.4 is 0 Å². The second kappa shape index (κ2) is 13.9. The molecule has 2 fully saturated rings. The van der Waals surface area contributed by atoms with E-state index >= 15 is 0 Å². The number of aryl methyl sites for hydroxylation is 2. The molecule has 2 aromatic carbocycles. The summed E-state index contributed by atoms with van der Waals surface area (Å²) in [5.74, 6) is 3.54. The van der Waals surface area contributed by atoms with Crippen molar-refractivity contribution in [1.29, 1.82) is 0 Å². The predicted octanol–water partition coefficient (Wildman–Crippen LogP) is 9.31. The standard InChI is InChI=1S/C24H24N.C11H20O2.Ir/c1-15-9-16(2)11-19(10-15)24-21-6-4-3-5-20(21)23(14-25-24)22-13-17-7-8-18(22)12-17;1-8(2)5-10(12)7-11(13)6-9(3)4;/h3-6,9-10,14,17-18,22H,7-8,12-13H2,1-2H3;7-9,12H,5-6H2,1-4H3;/q-1;;/b;10-7-;. The van der Waals surface area contributed by atoms with Gasteiger partial charge in [-0.05, 0) is 70.9 Å². The van der Waals surface area contributed by atoms with Crippen molar-refractivity contribution >= 4 is 16.6 Å². The quantitative estimate of drug-likeness (QED) is 0.152. The first-order valence-corrected chi connectivity index (χ1v) is 14.4. The Bertz CT molecular complexity index is 1290. The third-order valence-corrected chi connectivity index (χ3v) is 7.92. The second-order valence-corrected chi connectivity index (χ2v) is 12.4. The Kier molecular flexibility index (Phi) is 11.1. The summed E-state index contributed by atoms with van der Waals surface area (Å²) in [7, 11) is 0. The van der Waals surface area contributed by atoms with E-state index in [0.29, 0.717) is 30.6 Å². The third kappa shape index (κ3) is 8.12. The molecule has 2 aliphatic carbocycles. The van der Waals surface area contributed by atoms with Crippen molar-refractivity contribution in [3.05, 3.63) is 77.2 Å². The molecule has 2 aliphatic rings. The molecule has 4 heteroatoms. The van der Waals surface area contributed by atoms with E-state index in [-0.39, 0.29) is 31.6 Å². The normalized spacial score (nSPS) is 20.2. The van der Waals surface area contributed by atoms with Crippen molar-refractivity contribution in [3.8, 4) is 11.3 Å². The van der Waals surface area contributed by atoms with E-state index in [1.54, 1.807) is 0 Å². The fourth-order valence-corrected chi connectivity index (χ4v) is 6.50. The smallest absolute Gasteiger partial charge is 0.159 e. The number of ketones is 1. The summed E-state index contributed by atoms with van der Waals surface area (Å²) in [6.07, 6.45) is 10.3. The van der Waals surface area contributed by atoms with Crippen LogP contribution in [0.5, 0.6) is 0 Å². The van der Waals surface area contributed by atoms with Gasteiger partial charge in [0.2, 0.25) is 0 Å². The molecule has 3 nitrogen and oxygen atoms in total. The fraction of sp³-hybridized carbons (Fsp3) is 0.486. The van der Waals surface area contributed by atoms with Gasteiger partial charge in [-0.25, -0.2) is 0 Å². The van der Waals surface area contributed by atoms with Crippen LogP contribution in [-0.2, 0) is 24.9 Å². The number of nitrogens with zero attached hydrogens (tertiary/aromatic N) is 1. The summed E-state index contributed by atoms with van der Waals surface area (Å²) in [4.78, 5) is 16.2. The molecule has 1 heterocycles. The molecule has 3 atom stereocenters. The maximum absolute atomic E-state index is 11.2. The first-order chi connectivity index (χ1) is 18.1. The SMILES string of the molecule is CC(C)CC(=O)/C=C(\O)CC(C)C.Cc1[c-]c(-c2ncc(C3CC4CCC3C4)c3ccccc23)cc(C)c1.[Ir]. The van der Waals surface area contributed by atoms with Crippen LogP contribution in [0.2, 0.25) is 0 Å². The first kappa shape index (κ1) is 31.2. The molecule has 2 saturated carbocycles. The topological polar surface area (TPSA) is 50.2 Å². The van der Waals surface area contributed by atoms with Crippen LogP contribution in [0.1, 0.15) is 88.8 Å². The van der Waals surface area contributed by atoms with Gasteiger partial charge in [0.25, 0.3) is 0 Å². The van der Waals surface area contributed by atoms with Crippen molar-refractivity contribution in [2.24, 2.45) is 23.7 Å². The first-order valence-electron chi connectivity index (χ1n) is 14.4. The van der Waals surface area contributed by atoms with Gasteiger partial charge >= 0.3 is 0 Å². The number of carbonyl (C=O) groups excluding carboxylic acids is 1. The predicted molar refractivity (Wildman–Crippen MR) is 158 cm³/mol. The number of fused-ring (bicyclic) bond motifs is 3. The Hall–Kier alpha value is -2.29. The van der Waals surface area contributed by atoms with Crippen LogP contribution in [0.15, 0.2) is 54.4 Å². The Morgan fingerprint density at radius 3 is 2.31 bits per heavy atom. The summed E-state index contributed by atoms with van der Waals surface area (Å²) in [5.41, 5.74) is 6.13. The summed E-state index contributed by atoms with van der Waals surface area (Å²) in [6.45, 7) is 12.3. The second-order valence-electron chi connectivity index (χ2n) is 12.4.